The van der Waals surface area contributed by atoms with Gasteiger partial charge in [-0.25, -0.2) is 0 Å². The van der Waals surface area contributed by atoms with Crippen LogP contribution in [-0.2, 0) is 16.0 Å². The van der Waals surface area contributed by atoms with Gasteiger partial charge in [-0.2, -0.15) is 0 Å². The Hall–Kier alpha value is -1.92. The minimum Gasteiger partial charge on any atom is -0.378 e. The molecule has 0 saturated carbocycles. The highest BCUT2D eigenvalue weighted by Gasteiger charge is 2.16. The zero-order valence-corrected chi connectivity index (χ0v) is 12.9. The minimum absolute atomic E-state index is 0.0189. The van der Waals surface area contributed by atoms with Crippen molar-refractivity contribution in [3.63, 3.8) is 0 Å². The topological polar surface area (TPSA) is 79.5 Å². The van der Waals surface area contributed by atoms with Gasteiger partial charge in [-0.05, 0) is 24.1 Å². The molecule has 1 atom stereocenters. The van der Waals surface area contributed by atoms with Crippen LogP contribution in [0, 0.1) is 0 Å². The summed E-state index contributed by atoms with van der Waals surface area (Å²) in [6.07, 6.45) is 1.13. The fourth-order valence-electron chi connectivity index (χ4n) is 2.41. The molecule has 0 radical (unpaired) electrons. The summed E-state index contributed by atoms with van der Waals surface area (Å²) in [6.45, 7) is 2.65. The molecule has 0 aromatic heterocycles. The number of carbonyl (C=O) groups is 2. The second-order valence-corrected chi connectivity index (χ2v) is 5.31. The third-order valence-corrected chi connectivity index (χ3v) is 3.58. The number of rotatable bonds is 6. The van der Waals surface area contributed by atoms with Crippen LogP contribution in [0.2, 0.25) is 0 Å². The average molecular weight is 305 g/mol. The molecular formula is C16H23N3O3. The highest BCUT2D eigenvalue weighted by atomic mass is 16.5. The molecule has 2 rings (SSSR count). The van der Waals surface area contributed by atoms with Gasteiger partial charge in [0.05, 0.1) is 13.2 Å². The first-order valence-electron chi connectivity index (χ1n) is 7.58. The Bertz CT molecular complexity index is 513. The molecule has 6 nitrogen and oxygen atoms in total. The van der Waals surface area contributed by atoms with Gasteiger partial charge in [0.1, 0.15) is 0 Å². The second kappa shape index (κ2) is 8.51. The van der Waals surface area contributed by atoms with Crippen LogP contribution >= 0.6 is 0 Å². The van der Waals surface area contributed by atoms with E-state index >= 15 is 0 Å². The Morgan fingerprint density at radius 1 is 1.41 bits per heavy atom. The van der Waals surface area contributed by atoms with E-state index in [1.807, 2.05) is 18.2 Å². The van der Waals surface area contributed by atoms with Crippen LogP contribution in [0.1, 0.15) is 22.3 Å². The molecule has 22 heavy (non-hydrogen) atoms. The van der Waals surface area contributed by atoms with Gasteiger partial charge in [-0.3, -0.25) is 9.59 Å². The van der Waals surface area contributed by atoms with Gasteiger partial charge in [0.2, 0.25) is 5.91 Å². The van der Waals surface area contributed by atoms with E-state index in [1.54, 1.807) is 13.1 Å². The average Bonchev–Trinajstić information content (AvgIpc) is 2.55. The van der Waals surface area contributed by atoms with E-state index in [9.17, 15) is 9.59 Å². The summed E-state index contributed by atoms with van der Waals surface area (Å²) in [5, 5.41) is 8.76. The van der Waals surface area contributed by atoms with E-state index in [-0.39, 0.29) is 17.9 Å². The summed E-state index contributed by atoms with van der Waals surface area (Å²) >= 11 is 0. The Morgan fingerprint density at radius 3 is 3.00 bits per heavy atom. The molecule has 1 aliphatic heterocycles. The largest absolute Gasteiger partial charge is 0.378 e. The van der Waals surface area contributed by atoms with Crippen molar-refractivity contribution in [1.29, 1.82) is 0 Å². The fraction of sp³-hybridized carbons (Fsp3) is 0.500. The molecule has 1 heterocycles. The van der Waals surface area contributed by atoms with Gasteiger partial charge in [-0.1, -0.05) is 12.1 Å². The number of carbonyl (C=O) groups excluding carboxylic acids is 2. The van der Waals surface area contributed by atoms with Crippen LogP contribution in [0.15, 0.2) is 24.3 Å². The molecule has 1 saturated heterocycles. The van der Waals surface area contributed by atoms with Crippen molar-refractivity contribution < 1.29 is 14.3 Å². The maximum Gasteiger partial charge on any atom is 0.251 e. The fourth-order valence-corrected chi connectivity index (χ4v) is 2.41. The molecule has 0 spiro atoms. The van der Waals surface area contributed by atoms with Crippen LogP contribution in [0.3, 0.4) is 0 Å². The number of morpholine rings is 1. The number of ether oxygens (including phenoxy) is 1. The molecule has 2 amide bonds. The van der Waals surface area contributed by atoms with E-state index in [0.29, 0.717) is 38.2 Å². The van der Waals surface area contributed by atoms with E-state index in [0.717, 1.165) is 12.1 Å². The quantitative estimate of drug-likeness (QED) is 0.695. The van der Waals surface area contributed by atoms with Crippen LogP contribution in [-0.4, -0.2) is 51.2 Å². The van der Waals surface area contributed by atoms with Crippen LogP contribution < -0.4 is 16.0 Å². The SMILES string of the molecule is CNC(=O)c1cccc(CCNC(=O)CC2COCCN2)c1. The molecule has 6 heteroatoms. The summed E-state index contributed by atoms with van der Waals surface area (Å²) in [4.78, 5) is 23.4. The number of benzene rings is 1. The second-order valence-electron chi connectivity index (χ2n) is 5.31. The lowest BCUT2D eigenvalue weighted by atomic mass is 10.1. The highest BCUT2D eigenvalue weighted by Crippen LogP contribution is 2.06. The van der Waals surface area contributed by atoms with Gasteiger partial charge in [0.15, 0.2) is 0 Å². The zero-order valence-electron chi connectivity index (χ0n) is 12.9. The van der Waals surface area contributed by atoms with Crippen LogP contribution in [0.4, 0.5) is 0 Å². The minimum atomic E-state index is -0.103. The molecule has 1 aliphatic rings. The Kier molecular flexibility index (Phi) is 6.36. The lowest BCUT2D eigenvalue weighted by molar-refractivity contribution is -0.122. The van der Waals surface area contributed by atoms with Crippen molar-refractivity contribution in [3.05, 3.63) is 35.4 Å². The molecule has 1 aromatic rings. The summed E-state index contributed by atoms with van der Waals surface area (Å²) < 4.78 is 5.32. The van der Waals surface area contributed by atoms with E-state index in [4.69, 9.17) is 4.74 Å². The van der Waals surface area contributed by atoms with Crippen molar-refractivity contribution >= 4 is 11.8 Å². The first-order chi connectivity index (χ1) is 10.7. The van der Waals surface area contributed by atoms with Crippen molar-refractivity contribution in [2.24, 2.45) is 0 Å². The monoisotopic (exact) mass is 305 g/mol. The molecule has 3 N–H and O–H groups in total. The number of hydrogen-bond acceptors (Lipinski definition) is 4. The Balaban J connectivity index is 1.73. The number of amides is 2. The Morgan fingerprint density at radius 2 is 2.27 bits per heavy atom. The molecule has 1 unspecified atom stereocenters. The van der Waals surface area contributed by atoms with Crippen LogP contribution in [0.25, 0.3) is 0 Å². The lowest BCUT2D eigenvalue weighted by Gasteiger charge is -2.23. The number of nitrogens with one attached hydrogen (secondary N) is 3. The summed E-state index contributed by atoms with van der Waals surface area (Å²) in [5.41, 5.74) is 1.66. The van der Waals surface area contributed by atoms with E-state index in [1.165, 1.54) is 0 Å². The predicted molar refractivity (Wildman–Crippen MR) is 83.8 cm³/mol. The van der Waals surface area contributed by atoms with Crippen molar-refractivity contribution in [3.8, 4) is 0 Å². The first-order valence-corrected chi connectivity index (χ1v) is 7.58. The molecular weight excluding hydrogens is 282 g/mol. The smallest absolute Gasteiger partial charge is 0.251 e. The molecule has 0 bridgehead atoms. The third kappa shape index (κ3) is 5.13. The third-order valence-electron chi connectivity index (χ3n) is 3.58. The van der Waals surface area contributed by atoms with Gasteiger partial charge >= 0.3 is 0 Å². The summed E-state index contributed by atoms with van der Waals surface area (Å²) in [6, 6.07) is 7.53. The normalized spacial score (nSPS) is 17.8. The lowest BCUT2D eigenvalue weighted by Crippen LogP contribution is -2.44. The predicted octanol–water partition coefficient (Wildman–Crippen LogP) is 0.0834. The Labute approximate surface area is 130 Å². The maximum absolute atomic E-state index is 11.9. The van der Waals surface area contributed by atoms with Crippen molar-refractivity contribution in [2.75, 3.05) is 33.4 Å². The standard InChI is InChI=1S/C16H23N3O3/c1-17-16(21)13-4-2-3-12(9-13)5-6-19-15(20)10-14-11-22-8-7-18-14/h2-4,9,14,18H,5-8,10-11H2,1H3,(H,17,21)(H,19,20). The van der Waals surface area contributed by atoms with Crippen molar-refractivity contribution in [1.82, 2.24) is 16.0 Å². The zero-order chi connectivity index (χ0) is 15.8. The van der Waals surface area contributed by atoms with Crippen LogP contribution in [0.5, 0.6) is 0 Å². The van der Waals surface area contributed by atoms with E-state index < -0.39 is 0 Å². The number of hydrogen-bond donors (Lipinski definition) is 3. The van der Waals surface area contributed by atoms with Gasteiger partial charge in [0.25, 0.3) is 5.91 Å². The molecule has 1 fully saturated rings. The van der Waals surface area contributed by atoms with Gasteiger partial charge in [-0.15, -0.1) is 0 Å². The highest BCUT2D eigenvalue weighted by molar-refractivity contribution is 5.94. The molecule has 1 aromatic carbocycles. The first kappa shape index (κ1) is 16.5. The summed E-state index contributed by atoms with van der Waals surface area (Å²) in [5.74, 6) is -0.0836. The van der Waals surface area contributed by atoms with E-state index in [2.05, 4.69) is 16.0 Å². The van der Waals surface area contributed by atoms with Crippen molar-refractivity contribution in [2.45, 2.75) is 18.9 Å². The molecule has 120 valence electrons. The maximum atomic E-state index is 11.9. The molecule has 0 aliphatic carbocycles. The van der Waals surface area contributed by atoms with Gasteiger partial charge < -0.3 is 20.7 Å². The summed E-state index contributed by atoms with van der Waals surface area (Å²) in [7, 11) is 1.61. The van der Waals surface area contributed by atoms with Gasteiger partial charge in [0, 0.05) is 38.2 Å².